The van der Waals surface area contributed by atoms with Crippen LogP contribution in [-0.2, 0) is 9.59 Å². The van der Waals surface area contributed by atoms with Crippen molar-refractivity contribution in [1.29, 1.82) is 0 Å². The Morgan fingerprint density at radius 1 is 0.882 bits per heavy atom. The molecule has 0 atom stereocenters. The Hall–Kier alpha value is -3.88. The number of hydrogen-bond donors (Lipinski definition) is 2. The molecule has 0 radical (unpaired) electrons. The van der Waals surface area contributed by atoms with E-state index in [1.807, 2.05) is 41.7 Å². The first-order valence-corrected chi connectivity index (χ1v) is 10.6. The van der Waals surface area contributed by atoms with Crippen molar-refractivity contribution in [3.8, 4) is 28.3 Å². The molecule has 0 bridgehead atoms. The second-order valence-electron chi connectivity index (χ2n) is 7.53. The van der Waals surface area contributed by atoms with Crippen molar-refractivity contribution in [3.05, 3.63) is 66.7 Å². The number of rotatable bonds is 10. The molecule has 0 aliphatic carbocycles. The van der Waals surface area contributed by atoms with Crippen LogP contribution in [0.2, 0.25) is 0 Å². The fourth-order valence-corrected chi connectivity index (χ4v) is 3.18. The molecule has 3 aromatic rings. The number of carboxylic acids is 1. The summed E-state index contributed by atoms with van der Waals surface area (Å²) < 4.78 is 43.2. The predicted octanol–water partition coefficient (Wildman–Crippen LogP) is 5.94. The minimum absolute atomic E-state index is 0.0289. The quantitative estimate of drug-likeness (QED) is 0.357. The molecule has 1 heterocycles. The third-order valence-electron chi connectivity index (χ3n) is 4.89. The molecular formula is C25H23F3N2O4. The van der Waals surface area contributed by atoms with Gasteiger partial charge in [0.15, 0.2) is 0 Å². The Morgan fingerprint density at radius 3 is 2.24 bits per heavy atom. The summed E-state index contributed by atoms with van der Waals surface area (Å²) in [6, 6.07) is 19.0. The van der Waals surface area contributed by atoms with Crippen molar-refractivity contribution < 1.29 is 32.6 Å². The molecule has 1 amide bonds. The number of aliphatic carboxylic acids is 1. The number of anilines is 1. The number of nitrogens with zero attached hydrogens (tertiary/aromatic N) is 1. The molecule has 2 aromatic carbocycles. The lowest BCUT2D eigenvalue weighted by atomic mass is 10.0. The minimum atomic E-state index is -4.96. The number of amides is 1. The van der Waals surface area contributed by atoms with Crippen LogP contribution in [0.25, 0.3) is 22.4 Å². The minimum Gasteiger partial charge on any atom is -0.481 e. The van der Waals surface area contributed by atoms with Gasteiger partial charge in [-0.25, -0.2) is 4.98 Å². The van der Waals surface area contributed by atoms with E-state index in [9.17, 15) is 22.8 Å². The van der Waals surface area contributed by atoms with E-state index in [1.54, 1.807) is 18.2 Å². The number of aromatic nitrogens is 1. The number of benzene rings is 2. The SMILES string of the molecule is O=C(O)CCCCCOc1cc(-c2ccc(NC(=O)C(F)(F)F)cc2)cc(-c2ccccc2)n1. The molecule has 3 rings (SSSR count). The van der Waals surface area contributed by atoms with Crippen molar-refractivity contribution in [1.82, 2.24) is 4.98 Å². The average molecular weight is 472 g/mol. The topological polar surface area (TPSA) is 88.5 Å². The first kappa shape index (κ1) is 24.8. The summed E-state index contributed by atoms with van der Waals surface area (Å²) in [5.41, 5.74) is 3.00. The number of unbranched alkanes of at least 4 members (excludes halogenated alkanes) is 2. The third kappa shape index (κ3) is 7.33. The monoisotopic (exact) mass is 472 g/mol. The number of pyridine rings is 1. The van der Waals surface area contributed by atoms with E-state index in [1.165, 1.54) is 12.1 Å². The van der Waals surface area contributed by atoms with Crippen molar-refractivity contribution >= 4 is 17.6 Å². The molecule has 0 spiro atoms. The number of hydrogen-bond acceptors (Lipinski definition) is 4. The molecule has 1 aromatic heterocycles. The number of carboxylic acid groups (broad SMARTS) is 1. The highest BCUT2D eigenvalue weighted by Gasteiger charge is 2.38. The summed E-state index contributed by atoms with van der Waals surface area (Å²) in [5, 5.41) is 10.5. The highest BCUT2D eigenvalue weighted by Crippen LogP contribution is 2.30. The molecule has 2 N–H and O–H groups in total. The Kier molecular flexibility index (Phi) is 8.24. The summed E-state index contributed by atoms with van der Waals surface area (Å²) in [7, 11) is 0. The Labute approximate surface area is 194 Å². The van der Waals surface area contributed by atoms with E-state index in [0.29, 0.717) is 43.0 Å². The van der Waals surface area contributed by atoms with Crippen LogP contribution < -0.4 is 10.1 Å². The molecule has 0 unspecified atom stereocenters. The van der Waals surface area contributed by atoms with Gasteiger partial charge in [0.05, 0.1) is 12.3 Å². The zero-order chi connectivity index (χ0) is 24.6. The second-order valence-corrected chi connectivity index (χ2v) is 7.53. The van der Waals surface area contributed by atoms with E-state index in [2.05, 4.69) is 4.98 Å². The lowest BCUT2D eigenvalue weighted by molar-refractivity contribution is -0.167. The van der Waals surface area contributed by atoms with Gasteiger partial charge in [-0.05, 0) is 48.6 Å². The van der Waals surface area contributed by atoms with Gasteiger partial charge in [0.1, 0.15) is 0 Å². The van der Waals surface area contributed by atoms with Gasteiger partial charge >= 0.3 is 18.1 Å². The Bertz CT molecular complexity index is 1120. The number of halogens is 3. The molecular weight excluding hydrogens is 449 g/mol. The van der Waals surface area contributed by atoms with Crippen LogP contribution in [0.15, 0.2) is 66.7 Å². The van der Waals surface area contributed by atoms with Crippen LogP contribution in [0.5, 0.6) is 5.88 Å². The highest BCUT2D eigenvalue weighted by atomic mass is 19.4. The van der Waals surface area contributed by atoms with Crippen molar-refractivity contribution in [2.45, 2.75) is 31.9 Å². The maximum Gasteiger partial charge on any atom is 0.471 e. The van der Waals surface area contributed by atoms with Crippen LogP contribution in [0.1, 0.15) is 25.7 Å². The van der Waals surface area contributed by atoms with Gasteiger partial charge in [0, 0.05) is 23.7 Å². The smallest absolute Gasteiger partial charge is 0.471 e. The van der Waals surface area contributed by atoms with E-state index in [0.717, 1.165) is 11.1 Å². The second kappa shape index (κ2) is 11.3. The molecule has 0 saturated carbocycles. The summed E-state index contributed by atoms with van der Waals surface area (Å²) >= 11 is 0. The Balaban J connectivity index is 1.78. The van der Waals surface area contributed by atoms with Crippen molar-refractivity contribution in [2.24, 2.45) is 0 Å². The number of nitrogens with one attached hydrogen (secondary N) is 1. The summed E-state index contributed by atoms with van der Waals surface area (Å²) in [5.74, 6) is -2.48. The predicted molar refractivity (Wildman–Crippen MR) is 121 cm³/mol. The van der Waals surface area contributed by atoms with E-state index in [4.69, 9.17) is 9.84 Å². The van der Waals surface area contributed by atoms with Crippen LogP contribution in [-0.4, -0.2) is 34.8 Å². The van der Waals surface area contributed by atoms with Crippen molar-refractivity contribution in [2.75, 3.05) is 11.9 Å². The van der Waals surface area contributed by atoms with Gasteiger partial charge in [-0.1, -0.05) is 42.5 Å². The number of carbonyl (C=O) groups excluding carboxylic acids is 1. The van der Waals surface area contributed by atoms with Gasteiger partial charge in [-0.3, -0.25) is 9.59 Å². The van der Waals surface area contributed by atoms with Crippen LogP contribution in [0, 0.1) is 0 Å². The zero-order valence-corrected chi connectivity index (χ0v) is 18.1. The summed E-state index contributed by atoms with van der Waals surface area (Å²) in [4.78, 5) is 26.3. The maximum absolute atomic E-state index is 12.5. The Morgan fingerprint density at radius 2 is 1.59 bits per heavy atom. The zero-order valence-electron chi connectivity index (χ0n) is 18.1. The lowest BCUT2D eigenvalue weighted by Crippen LogP contribution is -2.29. The van der Waals surface area contributed by atoms with Crippen LogP contribution in [0.3, 0.4) is 0 Å². The fraction of sp³-hybridized carbons (Fsp3) is 0.240. The molecule has 0 aliphatic heterocycles. The molecule has 178 valence electrons. The van der Waals surface area contributed by atoms with Crippen LogP contribution in [0.4, 0.5) is 18.9 Å². The van der Waals surface area contributed by atoms with Gasteiger partial charge in [-0.2, -0.15) is 13.2 Å². The van der Waals surface area contributed by atoms with Gasteiger partial charge in [0.25, 0.3) is 0 Å². The average Bonchev–Trinajstić information content (AvgIpc) is 2.81. The van der Waals surface area contributed by atoms with E-state index < -0.39 is 18.1 Å². The van der Waals surface area contributed by atoms with E-state index in [-0.39, 0.29) is 12.1 Å². The highest BCUT2D eigenvalue weighted by molar-refractivity contribution is 5.95. The number of carbonyl (C=O) groups is 2. The lowest BCUT2D eigenvalue weighted by Gasteiger charge is -2.12. The molecule has 0 fully saturated rings. The standard InChI is InChI=1S/C25H23F3N2O4/c26-25(27,28)24(33)29-20-12-10-17(11-13-20)19-15-21(18-7-3-1-4-8-18)30-22(16-19)34-14-6-2-5-9-23(31)32/h1,3-4,7-8,10-13,15-16H,2,5-6,9,14H2,(H,29,33)(H,31,32). The summed E-state index contributed by atoms with van der Waals surface area (Å²) in [6.07, 6.45) is -2.89. The number of alkyl halides is 3. The van der Waals surface area contributed by atoms with Gasteiger partial charge in [0.2, 0.25) is 5.88 Å². The van der Waals surface area contributed by atoms with Crippen LogP contribution >= 0.6 is 0 Å². The maximum atomic E-state index is 12.5. The van der Waals surface area contributed by atoms with Gasteiger partial charge < -0.3 is 15.2 Å². The first-order chi connectivity index (χ1) is 16.2. The summed E-state index contributed by atoms with van der Waals surface area (Å²) in [6.45, 7) is 0.368. The van der Waals surface area contributed by atoms with Crippen molar-refractivity contribution in [3.63, 3.8) is 0 Å². The van der Waals surface area contributed by atoms with E-state index >= 15 is 0 Å². The van der Waals surface area contributed by atoms with Gasteiger partial charge in [-0.15, -0.1) is 0 Å². The largest absolute Gasteiger partial charge is 0.481 e. The molecule has 9 heteroatoms. The molecule has 6 nitrogen and oxygen atoms in total. The molecule has 0 aliphatic rings. The number of ether oxygens (including phenoxy) is 1. The third-order valence-corrected chi connectivity index (χ3v) is 4.89. The first-order valence-electron chi connectivity index (χ1n) is 10.6. The molecule has 0 saturated heterocycles. The normalized spacial score (nSPS) is 11.1. The fourth-order valence-electron chi connectivity index (χ4n) is 3.18. The molecule has 34 heavy (non-hydrogen) atoms.